The Balaban J connectivity index is 1.40. The van der Waals surface area contributed by atoms with Crippen molar-refractivity contribution in [2.24, 2.45) is 4.99 Å². The second-order valence-electron chi connectivity index (χ2n) is 10.3. The third-order valence-electron chi connectivity index (χ3n) is 7.54. The number of aromatic hydroxyl groups is 1. The maximum absolute atomic E-state index is 12.9. The molecular weight excluding hydrogens is 520 g/mol. The molecule has 1 amide bonds. The van der Waals surface area contributed by atoms with Crippen LogP contribution in [0, 0.1) is 6.92 Å². The topological polar surface area (TPSA) is 127 Å². The number of hydrogen-bond acceptors (Lipinski definition) is 6. The number of nitrogens with one attached hydrogen (secondary N) is 2. The van der Waals surface area contributed by atoms with Gasteiger partial charge < -0.3 is 30.2 Å². The van der Waals surface area contributed by atoms with Crippen LogP contribution in [0.3, 0.4) is 0 Å². The number of carbonyl (C=O) groups excluding carboxylic acids is 1. The van der Waals surface area contributed by atoms with Crippen LogP contribution in [0.4, 0.5) is 5.69 Å². The van der Waals surface area contributed by atoms with Gasteiger partial charge in [0, 0.05) is 54.8 Å². The highest BCUT2D eigenvalue weighted by atomic mass is 16.5. The number of fused-ring (bicyclic) bond motifs is 1. The minimum Gasteiger partial charge on any atom is -0.494 e. The number of aliphatic imine (C=N–C) groups is 1. The van der Waals surface area contributed by atoms with E-state index in [9.17, 15) is 19.8 Å². The molecule has 1 fully saturated rings. The van der Waals surface area contributed by atoms with Gasteiger partial charge in [-0.2, -0.15) is 0 Å². The number of aromatic carboxylic acids is 1. The Kier molecular flexibility index (Phi) is 8.47. The number of likely N-dealkylation sites (tertiary alicyclic amines) is 1. The van der Waals surface area contributed by atoms with Crippen molar-refractivity contribution in [2.45, 2.75) is 25.8 Å². The minimum atomic E-state index is -1.03. The zero-order valence-electron chi connectivity index (χ0n) is 23.2. The number of amides is 1. The molecule has 1 aromatic heterocycles. The van der Waals surface area contributed by atoms with Gasteiger partial charge in [-0.3, -0.25) is 4.79 Å². The van der Waals surface area contributed by atoms with Crippen LogP contribution in [0.1, 0.15) is 50.2 Å². The molecule has 4 aromatic rings. The van der Waals surface area contributed by atoms with Crippen LogP contribution < -0.4 is 5.32 Å². The number of methoxy groups -OCH3 is 1. The van der Waals surface area contributed by atoms with Gasteiger partial charge in [0.25, 0.3) is 5.91 Å². The van der Waals surface area contributed by atoms with Gasteiger partial charge in [-0.15, -0.1) is 0 Å². The molecule has 5 rings (SSSR count). The van der Waals surface area contributed by atoms with Gasteiger partial charge in [0.1, 0.15) is 0 Å². The van der Waals surface area contributed by atoms with Crippen molar-refractivity contribution < 1.29 is 24.5 Å². The first kappa shape index (κ1) is 28.1. The number of carboxylic acid groups (broad SMARTS) is 1. The molecule has 2 heterocycles. The molecule has 0 saturated carbocycles. The fourth-order valence-electron chi connectivity index (χ4n) is 5.27. The summed E-state index contributed by atoms with van der Waals surface area (Å²) in [6, 6.07) is 20.0. The highest BCUT2D eigenvalue weighted by Crippen LogP contribution is 2.33. The summed E-state index contributed by atoms with van der Waals surface area (Å²) in [6.07, 6.45) is 1.81. The predicted octanol–water partition coefficient (Wildman–Crippen LogP) is 4.89. The van der Waals surface area contributed by atoms with E-state index < -0.39 is 5.97 Å². The molecule has 0 spiro atoms. The molecule has 0 atom stereocenters. The van der Waals surface area contributed by atoms with Crippen LogP contribution in [-0.2, 0) is 4.74 Å². The lowest BCUT2D eigenvalue weighted by Gasteiger charge is -2.32. The molecule has 0 bridgehead atoms. The van der Waals surface area contributed by atoms with Crippen molar-refractivity contribution in [3.63, 3.8) is 0 Å². The van der Waals surface area contributed by atoms with Gasteiger partial charge in [-0.25, -0.2) is 9.79 Å². The van der Waals surface area contributed by atoms with Crippen molar-refractivity contribution in [3.05, 3.63) is 94.5 Å². The Morgan fingerprint density at radius 2 is 1.76 bits per heavy atom. The van der Waals surface area contributed by atoms with Crippen LogP contribution in [0.25, 0.3) is 10.9 Å². The fraction of sp³-hybridized carbons (Fsp3) is 0.281. The number of carbonyl (C=O) groups is 2. The Morgan fingerprint density at radius 1 is 1.05 bits per heavy atom. The van der Waals surface area contributed by atoms with Crippen LogP contribution in [0.5, 0.6) is 5.88 Å². The summed E-state index contributed by atoms with van der Waals surface area (Å²) in [5, 5.41) is 24.3. The lowest BCUT2D eigenvalue weighted by molar-refractivity contribution is 0.0696. The van der Waals surface area contributed by atoms with Crippen molar-refractivity contribution in [1.82, 2.24) is 15.2 Å². The van der Waals surface area contributed by atoms with E-state index in [0.717, 1.165) is 38.0 Å². The van der Waals surface area contributed by atoms with E-state index in [2.05, 4.69) is 15.2 Å². The first-order valence-corrected chi connectivity index (χ1v) is 13.7. The predicted molar refractivity (Wildman–Crippen MR) is 159 cm³/mol. The summed E-state index contributed by atoms with van der Waals surface area (Å²) < 4.78 is 5.16. The molecular formula is C32H34N4O5. The highest BCUT2D eigenvalue weighted by Gasteiger charge is 2.22. The molecule has 1 saturated heterocycles. The molecule has 1 aliphatic heterocycles. The van der Waals surface area contributed by atoms with E-state index in [1.165, 1.54) is 6.07 Å². The van der Waals surface area contributed by atoms with E-state index in [0.29, 0.717) is 45.6 Å². The Morgan fingerprint density at radius 3 is 2.41 bits per heavy atom. The zero-order valence-corrected chi connectivity index (χ0v) is 23.2. The maximum atomic E-state index is 12.9. The maximum Gasteiger partial charge on any atom is 0.336 e. The normalized spacial score (nSPS) is 14.8. The van der Waals surface area contributed by atoms with Gasteiger partial charge in [-0.1, -0.05) is 30.3 Å². The molecule has 3 aromatic carbocycles. The SMILES string of the molecule is COCCN1CCC(NC(=O)c2ccc(N=C(c3ccccc3)c3c(O)[nH]c4cc(C(=O)O)c(C)cc34)cc2)CC1. The number of aromatic amines is 1. The van der Waals surface area contributed by atoms with E-state index in [-0.39, 0.29) is 23.4 Å². The molecule has 41 heavy (non-hydrogen) atoms. The molecule has 0 unspecified atom stereocenters. The average molecular weight is 555 g/mol. The third-order valence-corrected chi connectivity index (χ3v) is 7.54. The second-order valence-corrected chi connectivity index (χ2v) is 10.3. The Hall–Kier alpha value is -4.47. The van der Waals surface area contributed by atoms with Gasteiger partial charge >= 0.3 is 5.97 Å². The van der Waals surface area contributed by atoms with Gasteiger partial charge in [-0.05, 0) is 61.7 Å². The Labute approximate surface area is 238 Å². The number of carboxylic acids is 1. The van der Waals surface area contributed by atoms with Gasteiger partial charge in [0.15, 0.2) is 5.88 Å². The number of aryl methyl sites for hydroxylation is 1. The largest absolute Gasteiger partial charge is 0.494 e. The van der Waals surface area contributed by atoms with Crippen LogP contribution in [-0.4, -0.2) is 77.1 Å². The number of aromatic nitrogens is 1. The minimum absolute atomic E-state index is 0.103. The standard InChI is InChI=1S/C32H34N4O5/c1-20-18-26-27(19-25(20)32(39)40)35-31(38)28(26)29(21-6-4-3-5-7-21)33-23-10-8-22(9-11-23)30(37)34-24-12-14-36(15-13-24)16-17-41-2/h3-11,18-19,24,35,38H,12-17H2,1-2H3,(H,34,37)(H,39,40). The van der Waals surface area contributed by atoms with E-state index in [1.807, 2.05) is 30.3 Å². The monoisotopic (exact) mass is 554 g/mol. The summed E-state index contributed by atoms with van der Waals surface area (Å²) in [5.41, 5.74) is 4.18. The number of H-pyrrole nitrogens is 1. The first-order valence-electron chi connectivity index (χ1n) is 13.7. The quantitative estimate of drug-likeness (QED) is 0.218. The lowest BCUT2D eigenvalue weighted by Crippen LogP contribution is -2.45. The number of rotatable bonds is 9. The highest BCUT2D eigenvalue weighted by molar-refractivity contribution is 6.22. The van der Waals surface area contributed by atoms with Crippen molar-refractivity contribution in [1.29, 1.82) is 0 Å². The number of hydrogen-bond donors (Lipinski definition) is 4. The number of ether oxygens (including phenoxy) is 1. The number of nitrogens with zero attached hydrogens (tertiary/aromatic N) is 2. The molecule has 212 valence electrons. The molecule has 4 N–H and O–H groups in total. The fourth-order valence-corrected chi connectivity index (χ4v) is 5.27. The summed E-state index contributed by atoms with van der Waals surface area (Å²) in [6.45, 7) is 5.21. The van der Waals surface area contributed by atoms with Crippen molar-refractivity contribution in [3.8, 4) is 5.88 Å². The molecule has 9 nitrogen and oxygen atoms in total. The summed E-state index contributed by atoms with van der Waals surface area (Å²) >= 11 is 0. The molecule has 1 aliphatic rings. The molecule has 0 aliphatic carbocycles. The summed E-state index contributed by atoms with van der Waals surface area (Å²) in [7, 11) is 1.71. The zero-order chi connectivity index (χ0) is 28.9. The first-order chi connectivity index (χ1) is 19.8. The van der Waals surface area contributed by atoms with Crippen LogP contribution in [0.2, 0.25) is 0 Å². The van der Waals surface area contributed by atoms with Crippen LogP contribution >= 0.6 is 0 Å². The van der Waals surface area contributed by atoms with Gasteiger partial charge in [0.05, 0.1) is 29.1 Å². The Bertz CT molecular complexity index is 1570. The van der Waals surface area contributed by atoms with Crippen molar-refractivity contribution in [2.75, 3.05) is 33.4 Å². The lowest BCUT2D eigenvalue weighted by atomic mass is 9.98. The second kappa shape index (κ2) is 12.4. The number of piperidine rings is 1. The summed E-state index contributed by atoms with van der Waals surface area (Å²) in [4.78, 5) is 34.8. The van der Waals surface area contributed by atoms with E-state index in [1.54, 1.807) is 44.4 Å². The average Bonchev–Trinajstić information content (AvgIpc) is 3.29. The van der Waals surface area contributed by atoms with E-state index >= 15 is 0 Å². The van der Waals surface area contributed by atoms with Crippen LogP contribution in [0.15, 0.2) is 71.7 Å². The smallest absolute Gasteiger partial charge is 0.336 e. The third kappa shape index (κ3) is 6.32. The summed E-state index contributed by atoms with van der Waals surface area (Å²) in [5.74, 6) is -1.25. The van der Waals surface area contributed by atoms with Crippen molar-refractivity contribution >= 4 is 34.2 Å². The van der Waals surface area contributed by atoms with Gasteiger partial charge in [0.2, 0.25) is 0 Å². The molecule has 9 heteroatoms. The molecule has 0 radical (unpaired) electrons. The van der Waals surface area contributed by atoms with E-state index in [4.69, 9.17) is 9.73 Å². The number of benzene rings is 3.